The van der Waals surface area contributed by atoms with Crippen molar-refractivity contribution in [2.24, 2.45) is 0 Å². The summed E-state index contributed by atoms with van der Waals surface area (Å²) < 4.78 is 0. The van der Waals surface area contributed by atoms with E-state index in [0.717, 1.165) is 5.56 Å². The van der Waals surface area contributed by atoms with Crippen molar-refractivity contribution in [3.05, 3.63) is 65.2 Å². The molecule has 0 atom stereocenters. The lowest BCUT2D eigenvalue weighted by atomic mass is 10.0. The van der Waals surface area contributed by atoms with Gasteiger partial charge in [0.05, 0.1) is 0 Å². The lowest BCUT2D eigenvalue weighted by Crippen LogP contribution is -2.02. The van der Waals surface area contributed by atoms with Crippen LogP contribution in [0.15, 0.2) is 48.5 Å². The van der Waals surface area contributed by atoms with E-state index in [1.54, 1.807) is 24.3 Å². The first-order valence-electron chi connectivity index (χ1n) is 5.14. The zero-order chi connectivity index (χ0) is 11.5. The largest absolute Gasteiger partial charge is 0.399 e. The number of nitrogens with two attached hydrogens (primary N) is 1. The van der Waals surface area contributed by atoms with Crippen molar-refractivity contribution in [3.8, 4) is 0 Å². The van der Waals surface area contributed by atoms with Crippen LogP contribution in [0.1, 0.15) is 21.5 Å². The van der Waals surface area contributed by atoms with E-state index in [-0.39, 0.29) is 5.78 Å². The summed E-state index contributed by atoms with van der Waals surface area (Å²) in [5.41, 5.74) is 8.67. The van der Waals surface area contributed by atoms with Gasteiger partial charge in [0, 0.05) is 16.8 Å². The summed E-state index contributed by atoms with van der Waals surface area (Å²) in [6.07, 6.45) is 0. The quantitative estimate of drug-likeness (QED) is 0.613. The van der Waals surface area contributed by atoms with Gasteiger partial charge in [-0.1, -0.05) is 35.9 Å². The Kier molecular flexibility index (Phi) is 2.73. The molecule has 2 N–H and O–H groups in total. The minimum absolute atomic E-state index is 0.0102. The minimum atomic E-state index is 0.0102. The molecule has 0 spiro atoms. The van der Waals surface area contributed by atoms with Crippen molar-refractivity contribution in [2.75, 3.05) is 5.73 Å². The summed E-state index contributed by atoms with van der Waals surface area (Å²) in [5, 5.41) is 0. The standard InChI is InChI=1S/C14H13NO/c1-10-4-2-5-11(8-10)14(16)12-6-3-7-13(15)9-12/h2-9H,15H2,1H3. The number of carbonyl (C=O) groups excluding carboxylic acids is 1. The molecule has 0 aromatic heterocycles. The van der Waals surface area contributed by atoms with E-state index in [2.05, 4.69) is 0 Å². The van der Waals surface area contributed by atoms with E-state index in [1.165, 1.54) is 0 Å². The zero-order valence-corrected chi connectivity index (χ0v) is 9.10. The number of rotatable bonds is 2. The monoisotopic (exact) mass is 211 g/mol. The van der Waals surface area contributed by atoms with Crippen LogP contribution in [-0.2, 0) is 0 Å². The first kappa shape index (κ1) is 10.4. The Hall–Kier alpha value is -2.09. The van der Waals surface area contributed by atoms with Gasteiger partial charge in [0.1, 0.15) is 0 Å². The lowest BCUT2D eigenvalue weighted by Gasteiger charge is -2.03. The average Bonchev–Trinajstić information content (AvgIpc) is 2.28. The van der Waals surface area contributed by atoms with Crippen LogP contribution in [0.25, 0.3) is 0 Å². The van der Waals surface area contributed by atoms with E-state index in [4.69, 9.17) is 5.73 Å². The molecular weight excluding hydrogens is 198 g/mol. The predicted octanol–water partition coefficient (Wildman–Crippen LogP) is 2.81. The van der Waals surface area contributed by atoms with Crippen molar-refractivity contribution in [3.63, 3.8) is 0 Å². The number of benzene rings is 2. The van der Waals surface area contributed by atoms with Crippen molar-refractivity contribution < 1.29 is 4.79 Å². The highest BCUT2D eigenvalue weighted by Gasteiger charge is 2.08. The summed E-state index contributed by atoms with van der Waals surface area (Å²) in [6, 6.07) is 14.6. The number of hydrogen-bond donors (Lipinski definition) is 1. The van der Waals surface area contributed by atoms with E-state index in [1.807, 2.05) is 31.2 Å². The predicted molar refractivity (Wildman–Crippen MR) is 65.5 cm³/mol. The highest BCUT2D eigenvalue weighted by molar-refractivity contribution is 6.09. The van der Waals surface area contributed by atoms with Gasteiger partial charge in [-0.2, -0.15) is 0 Å². The Balaban J connectivity index is 2.39. The third-order valence-electron chi connectivity index (χ3n) is 2.43. The Morgan fingerprint density at radius 1 is 1.00 bits per heavy atom. The number of hydrogen-bond acceptors (Lipinski definition) is 2. The molecule has 2 aromatic rings. The molecular formula is C14H13NO. The van der Waals surface area contributed by atoms with Crippen LogP contribution in [0, 0.1) is 6.92 Å². The second kappa shape index (κ2) is 4.19. The maximum absolute atomic E-state index is 12.1. The molecule has 0 saturated carbocycles. The Labute approximate surface area is 94.7 Å². The van der Waals surface area contributed by atoms with Gasteiger partial charge in [0.25, 0.3) is 0 Å². The molecule has 0 radical (unpaired) electrons. The highest BCUT2D eigenvalue weighted by Crippen LogP contribution is 2.13. The molecule has 0 saturated heterocycles. The fourth-order valence-corrected chi connectivity index (χ4v) is 1.63. The van der Waals surface area contributed by atoms with Crippen molar-refractivity contribution >= 4 is 11.5 Å². The molecule has 16 heavy (non-hydrogen) atoms. The summed E-state index contributed by atoms with van der Waals surface area (Å²) in [5.74, 6) is 0.0102. The molecule has 0 aliphatic heterocycles. The third-order valence-corrected chi connectivity index (χ3v) is 2.43. The van der Waals surface area contributed by atoms with E-state index >= 15 is 0 Å². The highest BCUT2D eigenvalue weighted by atomic mass is 16.1. The summed E-state index contributed by atoms with van der Waals surface area (Å²) in [6.45, 7) is 1.97. The Morgan fingerprint density at radius 3 is 2.25 bits per heavy atom. The normalized spacial score (nSPS) is 10.1. The summed E-state index contributed by atoms with van der Waals surface area (Å²) in [7, 11) is 0. The maximum Gasteiger partial charge on any atom is 0.193 e. The van der Waals surface area contributed by atoms with Gasteiger partial charge in [-0.3, -0.25) is 4.79 Å². The molecule has 0 fully saturated rings. The number of nitrogen functional groups attached to an aromatic ring is 1. The van der Waals surface area contributed by atoms with Crippen LogP contribution in [0.2, 0.25) is 0 Å². The second-order valence-corrected chi connectivity index (χ2v) is 3.82. The van der Waals surface area contributed by atoms with Crippen LogP contribution >= 0.6 is 0 Å². The van der Waals surface area contributed by atoms with Crippen molar-refractivity contribution in [1.82, 2.24) is 0 Å². The van der Waals surface area contributed by atoms with Gasteiger partial charge >= 0.3 is 0 Å². The van der Waals surface area contributed by atoms with Gasteiger partial charge in [-0.15, -0.1) is 0 Å². The summed E-state index contributed by atoms with van der Waals surface area (Å²) >= 11 is 0. The molecule has 0 aliphatic carbocycles. The second-order valence-electron chi connectivity index (χ2n) is 3.82. The molecule has 2 aromatic carbocycles. The molecule has 2 nitrogen and oxygen atoms in total. The van der Waals surface area contributed by atoms with Gasteiger partial charge < -0.3 is 5.73 Å². The van der Waals surface area contributed by atoms with Gasteiger partial charge in [0.15, 0.2) is 5.78 Å². The zero-order valence-electron chi connectivity index (χ0n) is 9.10. The fourth-order valence-electron chi connectivity index (χ4n) is 1.63. The van der Waals surface area contributed by atoms with Crippen LogP contribution in [-0.4, -0.2) is 5.78 Å². The Bertz CT molecular complexity index is 484. The molecule has 0 unspecified atom stereocenters. The van der Waals surface area contributed by atoms with E-state index < -0.39 is 0 Å². The fraction of sp³-hybridized carbons (Fsp3) is 0.0714. The molecule has 2 rings (SSSR count). The molecule has 80 valence electrons. The molecule has 0 bridgehead atoms. The number of carbonyl (C=O) groups is 1. The van der Waals surface area contributed by atoms with Crippen LogP contribution < -0.4 is 5.73 Å². The number of ketones is 1. The molecule has 0 aliphatic rings. The van der Waals surface area contributed by atoms with Crippen LogP contribution in [0.4, 0.5) is 5.69 Å². The van der Waals surface area contributed by atoms with Crippen molar-refractivity contribution in [1.29, 1.82) is 0 Å². The van der Waals surface area contributed by atoms with Crippen LogP contribution in [0.5, 0.6) is 0 Å². The van der Waals surface area contributed by atoms with Gasteiger partial charge in [0.2, 0.25) is 0 Å². The summed E-state index contributed by atoms with van der Waals surface area (Å²) in [4.78, 5) is 12.1. The molecule has 2 heteroatoms. The van der Waals surface area contributed by atoms with Gasteiger partial charge in [-0.25, -0.2) is 0 Å². The molecule has 0 amide bonds. The van der Waals surface area contributed by atoms with E-state index in [0.29, 0.717) is 16.8 Å². The van der Waals surface area contributed by atoms with E-state index in [9.17, 15) is 4.79 Å². The minimum Gasteiger partial charge on any atom is -0.399 e. The first-order chi connectivity index (χ1) is 7.66. The number of anilines is 1. The molecule has 0 heterocycles. The van der Waals surface area contributed by atoms with Crippen molar-refractivity contribution in [2.45, 2.75) is 6.92 Å². The maximum atomic E-state index is 12.1. The lowest BCUT2D eigenvalue weighted by molar-refractivity contribution is 0.103. The smallest absolute Gasteiger partial charge is 0.193 e. The third kappa shape index (κ3) is 2.11. The number of aryl methyl sites for hydroxylation is 1. The van der Waals surface area contributed by atoms with Gasteiger partial charge in [-0.05, 0) is 25.1 Å². The Morgan fingerprint density at radius 2 is 1.62 bits per heavy atom. The van der Waals surface area contributed by atoms with Crippen LogP contribution in [0.3, 0.4) is 0 Å². The SMILES string of the molecule is Cc1cccc(C(=O)c2cccc(N)c2)c1. The first-order valence-corrected chi connectivity index (χ1v) is 5.14. The average molecular weight is 211 g/mol. The topological polar surface area (TPSA) is 43.1 Å².